The summed E-state index contributed by atoms with van der Waals surface area (Å²) in [5.41, 5.74) is 2.41. The molecule has 1 atom stereocenters. The number of nitrogens with zero attached hydrogens (tertiary/aromatic N) is 1. The van der Waals surface area contributed by atoms with Gasteiger partial charge in [0.25, 0.3) is 0 Å². The van der Waals surface area contributed by atoms with Crippen LogP contribution in [0.15, 0.2) is 58.3 Å². The zero-order valence-corrected chi connectivity index (χ0v) is 14.1. The summed E-state index contributed by atoms with van der Waals surface area (Å²) in [5.74, 6) is -0.714. The van der Waals surface area contributed by atoms with E-state index in [4.69, 9.17) is 5.11 Å². The Kier molecular flexibility index (Phi) is 4.91. The normalized spacial score (nSPS) is 17.4. The highest BCUT2D eigenvalue weighted by Crippen LogP contribution is 2.33. The summed E-state index contributed by atoms with van der Waals surface area (Å²) in [7, 11) is 0. The van der Waals surface area contributed by atoms with Gasteiger partial charge in [-0.2, -0.15) is 0 Å². The Hall–Kier alpha value is -1.94. The summed E-state index contributed by atoms with van der Waals surface area (Å²) in [6.45, 7) is 3.07. The highest BCUT2D eigenvalue weighted by Gasteiger charge is 2.26. The number of carboxylic acid groups (broad SMARTS) is 1. The van der Waals surface area contributed by atoms with Crippen molar-refractivity contribution < 1.29 is 9.90 Å². The Bertz CT molecular complexity index is 684. The number of rotatable bonds is 5. The van der Waals surface area contributed by atoms with Crippen LogP contribution in [0.2, 0.25) is 0 Å². The van der Waals surface area contributed by atoms with Crippen molar-refractivity contribution in [1.82, 2.24) is 0 Å². The van der Waals surface area contributed by atoms with E-state index in [1.165, 1.54) is 15.4 Å². The number of hydrogen-bond acceptors (Lipinski definition) is 3. The molecular formula is C19H21NO2S. The van der Waals surface area contributed by atoms with Gasteiger partial charge in [-0.3, -0.25) is 4.79 Å². The molecule has 1 aliphatic heterocycles. The maximum atomic E-state index is 11.0. The lowest BCUT2D eigenvalue weighted by molar-refractivity contribution is -0.137. The third-order valence-electron chi connectivity index (χ3n) is 4.28. The lowest BCUT2D eigenvalue weighted by Gasteiger charge is -2.25. The Morgan fingerprint density at radius 3 is 2.65 bits per heavy atom. The van der Waals surface area contributed by atoms with Gasteiger partial charge in [0.2, 0.25) is 0 Å². The molecule has 1 fully saturated rings. The van der Waals surface area contributed by atoms with Crippen LogP contribution in [0.25, 0.3) is 0 Å². The second kappa shape index (κ2) is 7.09. The Morgan fingerprint density at radius 2 is 1.96 bits per heavy atom. The fourth-order valence-corrected chi connectivity index (χ4v) is 3.99. The van der Waals surface area contributed by atoms with E-state index in [1.807, 2.05) is 0 Å². The molecular weight excluding hydrogens is 306 g/mol. The molecule has 3 rings (SSSR count). The topological polar surface area (TPSA) is 40.5 Å². The molecule has 0 aliphatic carbocycles. The molecule has 2 aromatic rings. The maximum Gasteiger partial charge on any atom is 0.305 e. The van der Waals surface area contributed by atoms with Gasteiger partial charge < -0.3 is 10.0 Å². The van der Waals surface area contributed by atoms with Crippen molar-refractivity contribution in [3.63, 3.8) is 0 Å². The van der Waals surface area contributed by atoms with E-state index < -0.39 is 5.97 Å². The van der Waals surface area contributed by atoms with Gasteiger partial charge in [-0.05, 0) is 55.7 Å². The molecule has 4 heteroatoms. The average Bonchev–Trinajstić information content (AvgIpc) is 2.98. The molecule has 0 unspecified atom stereocenters. The number of carbonyl (C=O) groups is 1. The van der Waals surface area contributed by atoms with Crippen LogP contribution >= 0.6 is 11.8 Å². The van der Waals surface area contributed by atoms with Gasteiger partial charge in [-0.15, -0.1) is 0 Å². The van der Waals surface area contributed by atoms with E-state index in [9.17, 15) is 4.79 Å². The lowest BCUT2D eigenvalue weighted by Crippen LogP contribution is -2.31. The average molecular weight is 327 g/mol. The minimum atomic E-state index is -0.714. The van der Waals surface area contributed by atoms with Crippen molar-refractivity contribution in [2.24, 2.45) is 0 Å². The predicted molar refractivity (Wildman–Crippen MR) is 94.4 cm³/mol. The first-order chi connectivity index (χ1) is 11.1. The molecule has 0 bridgehead atoms. The van der Waals surface area contributed by atoms with Crippen molar-refractivity contribution in [3.8, 4) is 0 Å². The van der Waals surface area contributed by atoms with Crippen molar-refractivity contribution in [2.45, 2.75) is 42.0 Å². The molecule has 2 aromatic carbocycles. The van der Waals surface area contributed by atoms with E-state index in [0.29, 0.717) is 0 Å². The largest absolute Gasteiger partial charge is 0.481 e. The predicted octanol–water partition coefficient (Wildman–Crippen LogP) is 4.59. The van der Waals surface area contributed by atoms with Crippen LogP contribution in [-0.2, 0) is 4.79 Å². The number of anilines is 1. The van der Waals surface area contributed by atoms with Crippen molar-refractivity contribution >= 4 is 23.4 Å². The summed E-state index contributed by atoms with van der Waals surface area (Å²) >= 11 is 1.76. The monoisotopic (exact) mass is 327 g/mol. The summed E-state index contributed by atoms with van der Waals surface area (Å²) in [4.78, 5) is 15.7. The zero-order valence-electron chi connectivity index (χ0n) is 13.2. The maximum absolute atomic E-state index is 11.0. The lowest BCUT2D eigenvalue weighted by atomic mass is 10.1. The quantitative estimate of drug-likeness (QED) is 0.872. The Balaban J connectivity index is 1.72. The van der Waals surface area contributed by atoms with Crippen LogP contribution in [0.5, 0.6) is 0 Å². The first-order valence-corrected chi connectivity index (χ1v) is 8.77. The van der Waals surface area contributed by atoms with Gasteiger partial charge in [-0.25, -0.2) is 0 Å². The first kappa shape index (κ1) is 15.9. The third kappa shape index (κ3) is 3.88. The first-order valence-electron chi connectivity index (χ1n) is 7.95. The molecule has 1 heterocycles. The van der Waals surface area contributed by atoms with Gasteiger partial charge in [0.15, 0.2) is 0 Å². The van der Waals surface area contributed by atoms with Crippen LogP contribution in [-0.4, -0.2) is 23.7 Å². The molecule has 1 N–H and O–H groups in total. The van der Waals surface area contributed by atoms with Gasteiger partial charge in [-0.1, -0.05) is 30.0 Å². The molecule has 1 saturated heterocycles. The third-order valence-corrected chi connectivity index (χ3v) is 5.46. The summed E-state index contributed by atoms with van der Waals surface area (Å²) < 4.78 is 0. The van der Waals surface area contributed by atoms with E-state index in [0.717, 1.165) is 25.1 Å². The fourth-order valence-electron chi connectivity index (χ4n) is 3.09. The highest BCUT2D eigenvalue weighted by molar-refractivity contribution is 7.99. The van der Waals surface area contributed by atoms with Crippen molar-refractivity contribution in [3.05, 3.63) is 54.1 Å². The van der Waals surface area contributed by atoms with Crippen LogP contribution in [0, 0.1) is 6.92 Å². The van der Waals surface area contributed by atoms with Gasteiger partial charge in [0.05, 0.1) is 6.42 Å². The molecule has 0 radical (unpaired) electrons. The van der Waals surface area contributed by atoms with Crippen LogP contribution in [0.4, 0.5) is 5.69 Å². The SMILES string of the molecule is Cc1ccccc1Sc1ccc(N2CCC[C@H]2CC(=O)O)cc1. The molecule has 1 aliphatic rings. The molecule has 0 spiro atoms. The smallest absolute Gasteiger partial charge is 0.305 e. The van der Waals surface area contributed by atoms with Crippen LogP contribution in [0.1, 0.15) is 24.8 Å². The zero-order chi connectivity index (χ0) is 16.2. The molecule has 23 heavy (non-hydrogen) atoms. The molecule has 0 aromatic heterocycles. The summed E-state index contributed by atoms with van der Waals surface area (Å²) in [6, 6.07) is 17.0. The molecule has 0 amide bonds. The number of aliphatic carboxylic acids is 1. The minimum absolute atomic E-state index is 0.127. The van der Waals surface area contributed by atoms with Gasteiger partial charge >= 0.3 is 5.97 Å². The van der Waals surface area contributed by atoms with Gasteiger partial charge in [0, 0.05) is 28.1 Å². The Morgan fingerprint density at radius 1 is 1.22 bits per heavy atom. The molecule has 120 valence electrons. The van der Waals surface area contributed by atoms with E-state index in [1.54, 1.807) is 11.8 Å². The molecule has 0 saturated carbocycles. The van der Waals surface area contributed by atoms with E-state index >= 15 is 0 Å². The van der Waals surface area contributed by atoms with Crippen LogP contribution < -0.4 is 4.90 Å². The van der Waals surface area contributed by atoms with Crippen molar-refractivity contribution in [2.75, 3.05) is 11.4 Å². The molecule has 3 nitrogen and oxygen atoms in total. The minimum Gasteiger partial charge on any atom is -0.481 e. The number of hydrogen-bond donors (Lipinski definition) is 1. The summed E-state index contributed by atoms with van der Waals surface area (Å²) in [6.07, 6.45) is 2.25. The van der Waals surface area contributed by atoms with Crippen molar-refractivity contribution in [1.29, 1.82) is 0 Å². The summed E-state index contributed by atoms with van der Waals surface area (Å²) in [5, 5.41) is 9.04. The number of benzene rings is 2. The Labute approximate surface area is 141 Å². The second-order valence-electron chi connectivity index (χ2n) is 5.95. The number of aryl methyl sites for hydroxylation is 1. The highest BCUT2D eigenvalue weighted by atomic mass is 32.2. The van der Waals surface area contributed by atoms with E-state index in [-0.39, 0.29) is 12.5 Å². The van der Waals surface area contributed by atoms with Crippen LogP contribution in [0.3, 0.4) is 0 Å². The van der Waals surface area contributed by atoms with E-state index in [2.05, 4.69) is 60.4 Å². The fraction of sp³-hybridized carbons (Fsp3) is 0.316. The standard InChI is InChI=1S/C19H21NO2S/c1-14-5-2-3-7-18(14)23-17-10-8-15(9-11-17)20-12-4-6-16(20)13-19(21)22/h2-3,5,7-11,16H,4,6,12-13H2,1H3,(H,21,22)/t16-/m0/s1. The number of carboxylic acids is 1. The van der Waals surface area contributed by atoms with Gasteiger partial charge in [0.1, 0.15) is 0 Å². The second-order valence-corrected chi connectivity index (χ2v) is 7.06.